The number of aromatic amines is 1. The Kier molecular flexibility index (Phi) is 4.51. The fraction of sp³-hybridized carbons (Fsp3) is 0.353. The molecule has 1 aromatic carbocycles. The Morgan fingerprint density at radius 2 is 2.19 bits per heavy atom. The second-order valence-corrected chi connectivity index (χ2v) is 6.64. The summed E-state index contributed by atoms with van der Waals surface area (Å²) in [6.07, 6.45) is 1.12. The number of benzene rings is 1. The van der Waals surface area contributed by atoms with Gasteiger partial charge in [-0.3, -0.25) is 9.78 Å². The lowest BCUT2D eigenvalue weighted by atomic mass is 9.87. The molecule has 0 unspecified atom stereocenters. The van der Waals surface area contributed by atoms with E-state index in [1.165, 1.54) is 17.0 Å². The van der Waals surface area contributed by atoms with Crippen molar-refractivity contribution in [2.75, 3.05) is 18.4 Å². The second kappa shape index (κ2) is 6.50. The van der Waals surface area contributed by atoms with E-state index in [0.717, 1.165) is 11.8 Å². The van der Waals surface area contributed by atoms with Crippen molar-refractivity contribution in [2.24, 2.45) is 5.73 Å². The highest BCUT2D eigenvalue weighted by Gasteiger charge is 2.46. The minimum absolute atomic E-state index is 0.0361. The molecule has 26 heavy (non-hydrogen) atoms. The Morgan fingerprint density at radius 1 is 1.50 bits per heavy atom. The zero-order chi connectivity index (χ0) is 19.1. The van der Waals surface area contributed by atoms with Crippen LogP contribution in [0.3, 0.4) is 0 Å². The molecular formula is C17H20FN5O3. The van der Waals surface area contributed by atoms with E-state index < -0.39 is 29.1 Å². The van der Waals surface area contributed by atoms with Crippen molar-refractivity contribution in [3.8, 4) is 0 Å². The highest BCUT2D eigenvalue weighted by molar-refractivity contribution is 5.99. The molecule has 1 saturated heterocycles. The lowest BCUT2D eigenvalue weighted by Gasteiger charge is -2.48. The number of rotatable bonds is 4. The monoisotopic (exact) mass is 361 g/mol. The maximum absolute atomic E-state index is 14.1. The zero-order valence-corrected chi connectivity index (χ0v) is 14.4. The molecule has 2 heterocycles. The fourth-order valence-electron chi connectivity index (χ4n) is 2.73. The summed E-state index contributed by atoms with van der Waals surface area (Å²) in [4.78, 5) is 31.6. The van der Waals surface area contributed by atoms with Crippen molar-refractivity contribution in [1.29, 1.82) is 0 Å². The van der Waals surface area contributed by atoms with Gasteiger partial charge in [0, 0.05) is 12.2 Å². The van der Waals surface area contributed by atoms with Crippen LogP contribution in [-0.4, -0.2) is 50.6 Å². The Morgan fingerprint density at radius 3 is 2.81 bits per heavy atom. The molecule has 2 aromatic rings. The molecule has 1 amide bonds. The van der Waals surface area contributed by atoms with Crippen LogP contribution in [0.1, 0.15) is 22.8 Å². The third kappa shape index (κ3) is 3.31. The molecule has 0 aliphatic carbocycles. The van der Waals surface area contributed by atoms with Crippen LogP contribution in [0.15, 0.2) is 29.2 Å². The van der Waals surface area contributed by atoms with Gasteiger partial charge in [-0.2, -0.15) is 0 Å². The standard InChI is InChI=1S/C17H20FN5O3/c1-9-3-4-13(12(18)5-9)21-14-11(6-20-16(25)22-14)15(24)23-7-17(26,8-23)10(2)19/h3-6,10,26H,7-8,19H2,1-2H3,(H2,20,21,22,25)/t10-/m0/s1. The molecule has 0 saturated carbocycles. The molecule has 0 spiro atoms. The Balaban J connectivity index is 1.87. The van der Waals surface area contributed by atoms with Crippen LogP contribution >= 0.6 is 0 Å². The Labute approximate surface area is 148 Å². The molecule has 1 fully saturated rings. The fourth-order valence-corrected chi connectivity index (χ4v) is 2.73. The Hall–Kier alpha value is -2.78. The van der Waals surface area contributed by atoms with Crippen molar-refractivity contribution in [1.82, 2.24) is 14.9 Å². The lowest BCUT2D eigenvalue weighted by molar-refractivity contribution is -0.0931. The van der Waals surface area contributed by atoms with Crippen LogP contribution < -0.4 is 16.7 Å². The molecule has 5 N–H and O–H groups in total. The van der Waals surface area contributed by atoms with Crippen molar-refractivity contribution < 1.29 is 14.3 Å². The number of nitrogens with zero attached hydrogens (tertiary/aromatic N) is 2. The van der Waals surface area contributed by atoms with Crippen LogP contribution in [0.5, 0.6) is 0 Å². The minimum atomic E-state index is -1.14. The number of hydrogen-bond acceptors (Lipinski definition) is 6. The maximum Gasteiger partial charge on any atom is 0.346 e. The number of nitrogens with two attached hydrogens (primary N) is 1. The molecule has 0 bridgehead atoms. The third-order valence-electron chi connectivity index (χ3n) is 4.49. The van der Waals surface area contributed by atoms with Crippen molar-refractivity contribution >= 4 is 17.4 Å². The highest BCUT2D eigenvalue weighted by Crippen LogP contribution is 2.28. The number of H-pyrrole nitrogens is 1. The minimum Gasteiger partial charge on any atom is -0.385 e. The zero-order valence-electron chi connectivity index (χ0n) is 14.4. The van der Waals surface area contributed by atoms with Gasteiger partial charge in [0.1, 0.15) is 17.2 Å². The van der Waals surface area contributed by atoms with Gasteiger partial charge in [0.15, 0.2) is 0 Å². The average molecular weight is 361 g/mol. The first-order chi connectivity index (χ1) is 12.2. The van der Waals surface area contributed by atoms with E-state index >= 15 is 0 Å². The number of likely N-dealkylation sites (tertiary alicyclic amines) is 1. The molecule has 3 rings (SSSR count). The van der Waals surface area contributed by atoms with Crippen LogP contribution in [-0.2, 0) is 0 Å². The van der Waals surface area contributed by atoms with E-state index in [-0.39, 0.29) is 30.2 Å². The van der Waals surface area contributed by atoms with Gasteiger partial charge >= 0.3 is 5.69 Å². The van der Waals surface area contributed by atoms with Crippen molar-refractivity contribution in [3.63, 3.8) is 0 Å². The van der Waals surface area contributed by atoms with Crippen molar-refractivity contribution in [3.05, 3.63) is 51.8 Å². The number of aliphatic hydroxyl groups is 1. The average Bonchev–Trinajstić information content (AvgIpc) is 2.54. The number of carbonyl (C=O) groups excluding carboxylic acids is 1. The van der Waals surface area contributed by atoms with E-state index in [4.69, 9.17) is 5.73 Å². The second-order valence-electron chi connectivity index (χ2n) is 6.64. The number of halogens is 1. The van der Waals surface area contributed by atoms with E-state index in [1.54, 1.807) is 19.9 Å². The number of β-amino-alcohol motifs (C(OH)–C–C–N with tert-alkyl or cyclic N) is 1. The summed E-state index contributed by atoms with van der Waals surface area (Å²) in [5.41, 5.74) is 4.82. The van der Waals surface area contributed by atoms with Crippen LogP contribution in [0.2, 0.25) is 0 Å². The van der Waals surface area contributed by atoms with Gasteiger partial charge in [0.25, 0.3) is 5.91 Å². The first-order valence-electron chi connectivity index (χ1n) is 8.09. The smallest absolute Gasteiger partial charge is 0.346 e. The first kappa shape index (κ1) is 18.0. The van der Waals surface area contributed by atoms with E-state index in [1.807, 2.05) is 0 Å². The highest BCUT2D eigenvalue weighted by atomic mass is 19.1. The van der Waals surface area contributed by atoms with Gasteiger partial charge in [0.2, 0.25) is 0 Å². The van der Waals surface area contributed by atoms with Gasteiger partial charge in [-0.1, -0.05) is 6.07 Å². The van der Waals surface area contributed by atoms with Gasteiger partial charge in [-0.25, -0.2) is 14.2 Å². The summed E-state index contributed by atoms with van der Waals surface area (Å²) >= 11 is 0. The van der Waals surface area contributed by atoms with Gasteiger partial charge in [-0.15, -0.1) is 0 Å². The normalized spacial score (nSPS) is 16.7. The summed E-state index contributed by atoms with van der Waals surface area (Å²) in [5.74, 6) is -0.931. The van der Waals surface area contributed by atoms with Gasteiger partial charge in [-0.05, 0) is 31.5 Å². The number of nitrogens with one attached hydrogen (secondary N) is 2. The van der Waals surface area contributed by atoms with Crippen LogP contribution in [0.25, 0.3) is 0 Å². The molecule has 0 radical (unpaired) electrons. The summed E-state index contributed by atoms with van der Waals surface area (Å²) < 4.78 is 14.1. The maximum atomic E-state index is 14.1. The van der Waals surface area contributed by atoms with Gasteiger partial charge in [0.05, 0.1) is 24.3 Å². The van der Waals surface area contributed by atoms with Crippen LogP contribution in [0.4, 0.5) is 15.9 Å². The number of carbonyl (C=O) groups is 1. The quantitative estimate of drug-likeness (QED) is 0.628. The predicted molar refractivity (Wildman–Crippen MR) is 93.8 cm³/mol. The largest absolute Gasteiger partial charge is 0.385 e. The van der Waals surface area contributed by atoms with Crippen LogP contribution in [0, 0.1) is 12.7 Å². The van der Waals surface area contributed by atoms with E-state index in [2.05, 4.69) is 15.3 Å². The van der Waals surface area contributed by atoms with Gasteiger partial charge < -0.3 is 21.1 Å². The van der Waals surface area contributed by atoms with Crippen molar-refractivity contribution in [2.45, 2.75) is 25.5 Å². The number of anilines is 2. The molecule has 1 atom stereocenters. The molecular weight excluding hydrogens is 341 g/mol. The third-order valence-corrected chi connectivity index (χ3v) is 4.49. The molecule has 138 valence electrons. The molecule has 9 heteroatoms. The van der Waals surface area contributed by atoms with E-state index in [9.17, 15) is 19.1 Å². The number of aryl methyl sites for hydroxylation is 1. The molecule has 8 nitrogen and oxygen atoms in total. The SMILES string of the molecule is Cc1ccc(Nc2[nH]c(=O)ncc2C(=O)N2CC(O)([C@H](C)N)C2)c(F)c1. The number of aromatic nitrogens is 2. The predicted octanol–water partition coefficient (Wildman–Crippen LogP) is 0.495. The first-order valence-corrected chi connectivity index (χ1v) is 8.09. The summed E-state index contributed by atoms with van der Waals surface area (Å²) in [5, 5.41) is 12.9. The molecule has 1 aliphatic heterocycles. The Bertz CT molecular complexity index is 906. The number of hydrogen-bond donors (Lipinski definition) is 4. The molecule has 1 aromatic heterocycles. The molecule has 1 aliphatic rings. The summed E-state index contributed by atoms with van der Waals surface area (Å²) in [6, 6.07) is 4.06. The number of amides is 1. The topological polar surface area (TPSA) is 124 Å². The summed E-state index contributed by atoms with van der Waals surface area (Å²) in [6.45, 7) is 3.55. The lowest BCUT2D eigenvalue weighted by Crippen LogP contribution is -2.70. The van der Waals surface area contributed by atoms with E-state index in [0.29, 0.717) is 0 Å². The summed E-state index contributed by atoms with van der Waals surface area (Å²) in [7, 11) is 0.